The van der Waals surface area contributed by atoms with Crippen LogP contribution in [0.25, 0.3) is 0 Å². The van der Waals surface area contributed by atoms with Crippen molar-refractivity contribution in [2.75, 3.05) is 0 Å². The Bertz CT molecular complexity index is 1220. The van der Waals surface area contributed by atoms with Gasteiger partial charge >= 0.3 is 0 Å². The van der Waals surface area contributed by atoms with Gasteiger partial charge in [0.15, 0.2) is 12.0 Å². The van der Waals surface area contributed by atoms with Gasteiger partial charge in [0.1, 0.15) is 6.04 Å². The first kappa shape index (κ1) is 22.3. The van der Waals surface area contributed by atoms with E-state index in [1.165, 1.54) is 16.3 Å². The van der Waals surface area contributed by atoms with Crippen molar-refractivity contribution in [1.82, 2.24) is 0 Å². The number of benzene rings is 4. The monoisotopic (exact) mass is 470 g/mol. The van der Waals surface area contributed by atoms with Crippen LogP contribution in [0.2, 0.25) is 0 Å². The Morgan fingerprint density at radius 3 is 1.66 bits per heavy atom. The fourth-order valence-corrected chi connectivity index (χ4v) is 7.14. The second-order valence-corrected chi connectivity index (χ2v) is 10.8. The summed E-state index contributed by atoms with van der Waals surface area (Å²) in [4.78, 5) is 5.19. The molecule has 2 atom stereocenters. The second kappa shape index (κ2) is 10.2. The molecule has 6 rings (SSSR count). The summed E-state index contributed by atoms with van der Waals surface area (Å²) in [6.07, 6.45) is 6.37. The van der Waals surface area contributed by atoms with Gasteiger partial charge in [-0.25, -0.2) is 4.99 Å². The molecule has 0 amide bonds. The van der Waals surface area contributed by atoms with Gasteiger partial charge in [-0.3, -0.25) is 0 Å². The molecule has 4 aromatic rings. The summed E-state index contributed by atoms with van der Waals surface area (Å²) in [5.41, 5.74) is 3.58. The third kappa shape index (κ3) is 4.56. The molecule has 1 saturated carbocycles. The number of rotatable bonds is 6. The molecule has 0 saturated heterocycles. The van der Waals surface area contributed by atoms with Crippen LogP contribution in [0.3, 0.4) is 0 Å². The highest BCUT2D eigenvalue weighted by molar-refractivity contribution is 7.76. The third-order valence-electron chi connectivity index (χ3n) is 6.34. The van der Waals surface area contributed by atoms with E-state index in [-0.39, 0.29) is 12.1 Å². The van der Waals surface area contributed by atoms with Gasteiger partial charge in [-0.1, -0.05) is 121 Å². The first-order valence-electron chi connectivity index (χ1n) is 11.9. The lowest BCUT2D eigenvalue weighted by molar-refractivity contribution is 0.195. The quantitative estimate of drug-likeness (QED) is 0.285. The van der Waals surface area contributed by atoms with E-state index in [9.17, 15) is 0 Å². The Balaban J connectivity index is 1.38. The first-order chi connectivity index (χ1) is 17.4. The molecule has 0 bridgehead atoms. The molecule has 0 N–H and O–H groups in total. The summed E-state index contributed by atoms with van der Waals surface area (Å²) in [6.45, 7) is 0. The van der Waals surface area contributed by atoms with Gasteiger partial charge in [0.2, 0.25) is 0 Å². The topological polar surface area (TPSA) is 21.6 Å². The van der Waals surface area contributed by atoms with Crippen LogP contribution in [0.5, 0.6) is 0 Å². The first-order valence-corrected chi connectivity index (χ1v) is 13.2. The van der Waals surface area contributed by atoms with E-state index in [4.69, 9.17) is 9.73 Å². The summed E-state index contributed by atoms with van der Waals surface area (Å²) >= 11 is 0. The molecule has 2 nitrogen and oxygen atoms in total. The average molecular weight is 471 g/mol. The van der Waals surface area contributed by atoms with Crippen molar-refractivity contribution < 1.29 is 4.74 Å². The van der Waals surface area contributed by atoms with E-state index in [1.54, 1.807) is 0 Å². The lowest BCUT2D eigenvalue weighted by Crippen LogP contribution is -2.23. The van der Waals surface area contributed by atoms with E-state index in [0.717, 1.165) is 22.9 Å². The van der Waals surface area contributed by atoms with Gasteiger partial charge in [0, 0.05) is 5.66 Å². The number of hydrogen-bond donors (Lipinski definition) is 0. The standard InChI is InChI=1S/C32H25NOP/c1-5-14-24(15-6-1)30-31(25-16-7-2-8-17-25)34-32(33-30)28-22-13-23-29(28)35(26-18-9-3-10-19-26)27-20-11-4-12-21-27/h1-23,30-31H/t30-,31+/m0/s1. The molecule has 169 valence electrons. The minimum Gasteiger partial charge on any atom is -0.470 e. The van der Waals surface area contributed by atoms with Crippen LogP contribution in [-0.4, -0.2) is 5.90 Å². The van der Waals surface area contributed by atoms with Crippen molar-refractivity contribution >= 4 is 24.4 Å². The van der Waals surface area contributed by atoms with Crippen molar-refractivity contribution in [1.29, 1.82) is 0 Å². The molecule has 0 unspecified atom stereocenters. The summed E-state index contributed by atoms with van der Waals surface area (Å²) in [5, 5.41) is 2.64. The number of nitrogens with zero attached hydrogens (tertiary/aromatic N) is 1. The van der Waals surface area contributed by atoms with Crippen LogP contribution in [-0.2, 0) is 4.74 Å². The summed E-state index contributed by atoms with van der Waals surface area (Å²) in [6, 6.07) is 42.4. The van der Waals surface area contributed by atoms with E-state index in [0.29, 0.717) is 0 Å². The zero-order valence-corrected chi connectivity index (χ0v) is 20.1. The zero-order valence-electron chi connectivity index (χ0n) is 19.2. The normalized spacial score (nSPS) is 20.7. The van der Waals surface area contributed by atoms with Crippen LogP contribution >= 0.6 is 7.92 Å². The Kier molecular flexibility index (Phi) is 6.47. The van der Waals surface area contributed by atoms with Crippen LogP contribution in [0.15, 0.2) is 126 Å². The molecule has 0 aromatic heterocycles. The predicted molar refractivity (Wildman–Crippen MR) is 145 cm³/mol. The lowest BCUT2D eigenvalue weighted by Gasteiger charge is -2.29. The van der Waals surface area contributed by atoms with Crippen molar-refractivity contribution in [2.45, 2.75) is 12.1 Å². The highest BCUT2D eigenvalue weighted by atomic mass is 31.1. The molecular weight excluding hydrogens is 445 g/mol. The van der Waals surface area contributed by atoms with Crippen molar-refractivity contribution in [3.05, 3.63) is 163 Å². The maximum atomic E-state index is 6.68. The number of hydrogen-bond acceptors (Lipinski definition) is 2. The molecule has 1 fully saturated rings. The minimum atomic E-state index is -0.744. The van der Waals surface area contributed by atoms with Gasteiger partial charge in [0.25, 0.3) is 0 Å². The van der Waals surface area contributed by atoms with Gasteiger partial charge in [-0.05, 0) is 48.9 Å². The van der Waals surface area contributed by atoms with Crippen molar-refractivity contribution in [3.8, 4) is 0 Å². The fourth-order valence-electron chi connectivity index (χ4n) is 4.70. The van der Waals surface area contributed by atoms with E-state index < -0.39 is 7.92 Å². The van der Waals surface area contributed by atoms with Gasteiger partial charge in [-0.2, -0.15) is 0 Å². The van der Waals surface area contributed by atoms with Crippen molar-refractivity contribution in [3.63, 3.8) is 0 Å². The molecule has 35 heavy (non-hydrogen) atoms. The molecule has 4 aromatic carbocycles. The van der Waals surface area contributed by atoms with Crippen LogP contribution < -0.4 is 10.6 Å². The molecule has 1 heterocycles. The second-order valence-electron chi connectivity index (χ2n) is 8.57. The fraction of sp³-hybridized carbons (Fsp3) is 0.0625. The Labute approximate surface area is 209 Å². The van der Waals surface area contributed by atoms with Crippen molar-refractivity contribution in [2.24, 2.45) is 4.99 Å². The van der Waals surface area contributed by atoms with Crippen LogP contribution in [0.1, 0.15) is 23.3 Å². The average Bonchev–Trinajstić information content (AvgIpc) is 3.59. The van der Waals surface area contributed by atoms with E-state index in [2.05, 4.69) is 128 Å². The summed E-state index contributed by atoms with van der Waals surface area (Å²) < 4.78 is 6.68. The lowest BCUT2D eigenvalue weighted by atomic mass is 9.97. The van der Waals surface area contributed by atoms with Crippen LogP contribution in [0.4, 0.5) is 0 Å². The Morgan fingerprint density at radius 2 is 1.09 bits per heavy atom. The molecule has 2 aliphatic rings. The van der Waals surface area contributed by atoms with Gasteiger partial charge in [0.05, 0.1) is 5.92 Å². The molecule has 3 heteroatoms. The summed E-state index contributed by atoms with van der Waals surface area (Å²) in [5.74, 6) is 1.82. The largest absolute Gasteiger partial charge is 0.470 e. The SMILES string of the molecule is [CH]1[CH][C](C2=N[C@@H](c3ccccc3)[C@@H](c3ccccc3)O2)[C](P(c2ccccc2)c2ccccc2)[CH]1. The molecule has 1 aliphatic carbocycles. The molecule has 5 radical (unpaired) electrons. The third-order valence-corrected chi connectivity index (χ3v) is 8.84. The van der Waals surface area contributed by atoms with E-state index in [1.807, 2.05) is 12.1 Å². The maximum absolute atomic E-state index is 6.68. The predicted octanol–water partition coefficient (Wildman–Crippen LogP) is 6.76. The van der Waals surface area contributed by atoms with Gasteiger partial charge in [-0.15, -0.1) is 0 Å². The molecule has 1 aliphatic heterocycles. The number of ether oxygens (including phenoxy) is 1. The van der Waals surface area contributed by atoms with Crippen LogP contribution in [0, 0.1) is 30.8 Å². The highest BCUT2D eigenvalue weighted by Gasteiger charge is 2.45. The molecular formula is C32H25NOP. The smallest absolute Gasteiger partial charge is 0.193 e. The Hall–Kier alpha value is -3.22. The minimum absolute atomic E-state index is 0.0870. The molecule has 0 spiro atoms. The maximum Gasteiger partial charge on any atom is 0.193 e. The van der Waals surface area contributed by atoms with Gasteiger partial charge < -0.3 is 4.74 Å². The zero-order chi connectivity index (χ0) is 23.5. The van der Waals surface area contributed by atoms with E-state index >= 15 is 0 Å². The highest BCUT2D eigenvalue weighted by Crippen LogP contribution is 2.58. The number of aliphatic imine (C=N–C) groups is 1. The Morgan fingerprint density at radius 1 is 0.571 bits per heavy atom. The summed E-state index contributed by atoms with van der Waals surface area (Å²) in [7, 11) is -0.744.